The van der Waals surface area contributed by atoms with Gasteiger partial charge in [-0.25, -0.2) is 0 Å². The summed E-state index contributed by atoms with van der Waals surface area (Å²) in [6.07, 6.45) is 31.5. The molecule has 0 aromatic carbocycles. The highest BCUT2D eigenvalue weighted by atomic mass is 16.3. The lowest BCUT2D eigenvalue weighted by Crippen LogP contribution is -2.25. The summed E-state index contributed by atoms with van der Waals surface area (Å²) in [7, 11) is 0. The van der Waals surface area contributed by atoms with Crippen molar-refractivity contribution in [3.05, 3.63) is 0 Å². The number of hydrogen-bond acceptors (Lipinski definition) is 2. The maximum absolute atomic E-state index is 10.1. The fourth-order valence-electron chi connectivity index (χ4n) is 4.60. The van der Waals surface area contributed by atoms with E-state index in [9.17, 15) is 10.2 Å². The minimum atomic E-state index is -0.507. The molecule has 0 spiro atoms. The van der Waals surface area contributed by atoms with Gasteiger partial charge < -0.3 is 10.2 Å². The van der Waals surface area contributed by atoms with Crippen LogP contribution in [0.2, 0.25) is 0 Å². The van der Waals surface area contributed by atoms with E-state index in [1.165, 1.54) is 135 Å². The van der Waals surface area contributed by atoms with Gasteiger partial charge >= 0.3 is 0 Å². The number of aliphatic hydroxyl groups excluding tert-OH is 2. The van der Waals surface area contributed by atoms with Crippen molar-refractivity contribution in [3.8, 4) is 0 Å². The molecule has 0 saturated heterocycles. The molecular formula is C29H60O2. The summed E-state index contributed by atoms with van der Waals surface area (Å²) in [5, 5.41) is 20.2. The number of hydrogen-bond donors (Lipinski definition) is 2. The van der Waals surface area contributed by atoms with Crippen LogP contribution in [0.1, 0.15) is 174 Å². The van der Waals surface area contributed by atoms with Gasteiger partial charge in [-0.05, 0) is 12.8 Å². The molecule has 2 heteroatoms. The molecule has 0 aromatic heterocycles. The van der Waals surface area contributed by atoms with Crippen molar-refractivity contribution in [3.63, 3.8) is 0 Å². The molecule has 0 radical (unpaired) electrons. The Hall–Kier alpha value is -0.0800. The van der Waals surface area contributed by atoms with Gasteiger partial charge in [0.05, 0.1) is 12.2 Å². The minimum Gasteiger partial charge on any atom is -0.390 e. The van der Waals surface area contributed by atoms with Crippen molar-refractivity contribution in [1.29, 1.82) is 0 Å². The Bertz CT molecular complexity index is 318. The van der Waals surface area contributed by atoms with Gasteiger partial charge in [0, 0.05) is 0 Å². The molecule has 0 aliphatic heterocycles. The van der Waals surface area contributed by atoms with Crippen LogP contribution in [0, 0.1) is 0 Å². The highest BCUT2D eigenvalue weighted by Gasteiger charge is 2.15. The van der Waals surface area contributed by atoms with Gasteiger partial charge in [0.2, 0.25) is 0 Å². The molecule has 2 N–H and O–H groups in total. The van der Waals surface area contributed by atoms with Crippen LogP contribution >= 0.6 is 0 Å². The molecule has 0 bridgehead atoms. The van der Waals surface area contributed by atoms with E-state index in [-0.39, 0.29) is 0 Å². The molecule has 0 aliphatic carbocycles. The third-order valence-electron chi connectivity index (χ3n) is 6.90. The molecule has 0 amide bonds. The Balaban J connectivity index is 3.20. The van der Waals surface area contributed by atoms with Gasteiger partial charge in [-0.15, -0.1) is 0 Å². The van der Waals surface area contributed by atoms with Crippen LogP contribution in [-0.2, 0) is 0 Å². The van der Waals surface area contributed by atoms with Gasteiger partial charge in [0.25, 0.3) is 0 Å². The predicted octanol–water partition coefficient (Wildman–Crippen LogP) is 9.50. The molecule has 0 heterocycles. The molecule has 0 aliphatic rings. The first-order valence-electron chi connectivity index (χ1n) is 14.6. The van der Waals surface area contributed by atoms with E-state index in [0.717, 1.165) is 25.7 Å². The number of aliphatic hydroxyl groups is 2. The second-order valence-corrected chi connectivity index (χ2v) is 10.1. The molecule has 0 rings (SSSR count). The van der Waals surface area contributed by atoms with Gasteiger partial charge in [0.15, 0.2) is 0 Å². The topological polar surface area (TPSA) is 40.5 Å². The van der Waals surface area contributed by atoms with E-state index in [1.54, 1.807) is 0 Å². The van der Waals surface area contributed by atoms with Crippen LogP contribution in [-0.4, -0.2) is 22.4 Å². The van der Waals surface area contributed by atoms with E-state index in [2.05, 4.69) is 13.8 Å². The highest BCUT2D eigenvalue weighted by molar-refractivity contribution is 4.67. The molecule has 0 fully saturated rings. The van der Waals surface area contributed by atoms with Crippen LogP contribution < -0.4 is 0 Å². The lowest BCUT2D eigenvalue weighted by Gasteiger charge is -2.17. The quantitative estimate of drug-likeness (QED) is 0.131. The molecule has 0 aromatic rings. The summed E-state index contributed by atoms with van der Waals surface area (Å²) in [4.78, 5) is 0. The van der Waals surface area contributed by atoms with Crippen molar-refractivity contribution in [1.82, 2.24) is 0 Å². The monoisotopic (exact) mass is 440 g/mol. The predicted molar refractivity (Wildman–Crippen MR) is 139 cm³/mol. The standard InChI is InChI=1S/C29H60O2/c1-3-5-7-9-10-11-12-13-14-15-16-17-18-19-20-21-23-25-27-29(31)28(30)26-24-22-8-6-4-2/h28-31H,3-27H2,1-2H3. The maximum atomic E-state index is 10.1. The molecule has 0 saturated carbocycles. The molecule has 31 heavy (non-hydrogen) atoms. The Kier molecular flexibility index (Phi) is 26.1. The van der Waals surface area contributed by atoms with Crippen molar-refractivity contribution in [2.24, 2.45) is 0 Å². The lowest BCUT2D eigenvalue weighted by atomic mass is 9.99. The van der Waals surface area contributed by atoms with Gasteiger partial charge in [-0.3, -0.25) is 0 Å². The largest absolute Gasteiger partial charge is 0.390 e. The molecule has 2 nitrogen and oxygen atoms in total. The van der Waals surface area contributed by atoms with Gasteiger partial charge in [-0.1, -0.05) is 162 Å². The van der Waals surface area contributed by atoms with Gasteiger partial charge in [0.1, 0.15) is 0 Å². The number of unbranched alkanes of at least 4 members (excludes halogenated alkanes) is 21. The normalized spacial score (nSPS) is 13.5. The molecular weight excluding hydrogens is 380 g/mol. The summed E-state index contributed by atoms with van der Waals surface area (Å²) < 4.78 is 0. The smallest absolute Gasteiger partial charge is 0.0799 e. The number of rotatable bonds is 26. The average Bonchev–Trinajstić information content (AvgIpc) is 2.77. The van der Waals surface area contributed by atoms with Crippen LogP contribution in [0.3, 0.4) is 0 Å². The van der Waals surface area contributed by atoms with Crippen molar-refractivity contribution in [2.75, 3.05) is 0 Å². The van der Waals surface area contributed by atoms with Crippen LogP contribution in [0.4, 0.5) is 0 Å². The van der Waals surface area contributed by atoms with E-state index in [4.69, 9.17) is 0 Å². The third-order valence-corrected chi connectivity index (χ3v) is 6.90. The zero-order chi connectivity index (χ0) is 22.8. The van der Waals surface area contributed by atoms with Crippen molar-refractivity contribution in [2.45, 2.75) is 187 Å². The molecule has 2 atom stereocenters. The fraction of sp³-hybridized carbons (Fsp3) is 1.00. The zero-order valence-corrected chi connectivity index (χ0v) is 21.7. The Morgan fingerprint density at radius 2 is 0.516 bits per heavy atom. The summed E-state index contributed by atoms with van der Waals surface area (Å²) in [6.45, 7) is 4.51. The Labute approximate surface area is 197 Å². The van der Waals surface area contributed by atoms with Crippen LogP contribution in [0.15, 0.2) is 0 Å². The zero-order valence-electron chi connectivity index (χ0n) is 21.7. The molecule has 2 unspecified atom stereocenters. The van der Waals surface area contributed by atoms with E-state index in [0.29, 0.717) is 0 Å². The summed E-state index contributed by atoms with van der Waals surface area (Å²) in [5.41, 5.74) is 0. The first-order chi connectivity index (χ1) is 15.2. The highest BCUT2D eigenvalue weighted by Crippen LogP contribution is 2.16. The Morgan fingerprint density at radius 1 is 0.323 bits per heavy atom. The third kappa shape index (κ3) is 24.4. The second kappa shape index (κ2) is 26.2. The van der Waals surface area contributed by atoms with E-state index in [1.807, 2.05) is 0 Å². The first kappa shape index (κ1) is 30.9. The van der Waals surface area contributed by atoms with Crippen molar-refractivity contribution >= 4 is 0 Å². The minimum absolute atomic E-state index is 0.507. The van der Waals surface area contributed by atoms with Crippen LogP contribution in [0.25, 0.3) is 0 Å². The van der Waals surface area contributed by atoms with E-state index < -0.39 is 12.2 Å². The Morgan fingerprint density at radius 3 is 0.742 bits per heavy atom. The van der Waals surface area contributed by atoms with Crippen LogP contribution in [0.5, 0.6) is 0 Å². The SMILES string of the molecule is CCCCCCCCCCCCCCCCCCCCC(O)C(O)CCCCCCC. The van der Waals surface area contributed by atoms with Gasteiger partial charge in [-0.2, -0.15) is 0 Å². The fourth-order valence-corrected chi connectivity index (χ4v) is 4.60. The average molecular weight is 441 g/mol. The second-order valence-electron chi connectivity index (χ2n) is 10.1. The van der Waals surface area contributed by atoms with E-state index >= 15 is 0 Å². The maximum Gasteiger partial charge on any atom is 0.0799 e. The van der Waals surface area contributed by atoms with Crippen molar-refractivity contribution < 1.29 is 10.2 Å². The summed E-state index contributed by atoms with van der Waals surface area (Å²) in [6, 6.07) is 0. The molecule has 188 valence electrons. The summed E-state index contributed by atoms with van der Waals surface area (Å²) in [5.74, 6) is 0. The summed E-state index contributed by atoms with van der Waals surface area (Å²) >= 11 is 0. The lowest BCUT2D eigenvalue weighted by molar-refractivity contribution is 0.00712. The first-order valence-corrected chi connectivity index (χ1v) is 14.6.